The van der Waals surface area contributed by atoms with E-state index in [1.54, 1.807) is 25.1 Å². The minimum atomic E-state index is -0.488. The molecule has 1 amide bonds. The molecule has 0 saturated carbocycles. The predicted molar refractivity (Wildman–Crippen MR) is 92.7 cm³/mol. The average Bonchev–Trinajstić information content (AvgIpc) is 2.57. The molecule has 0 bridgehead atoms. The molecule has 0 saturated heterocycles. The van der Waals surface area contributed by atoms with E-state index in [1.165, 1.54) is 12.1 Å². The molecule has 5 nitrogen and oxygen atoms in total. The van der Waals surface area contributed by atoms with Crippen LogP contribution in [0.3, 0.4) is 0 Å². The van der Waals surface area contributed by atoms with E-state index >= 15 is 0 Å². The number of hydrogen-bond acceptors (Lipinski definition) is 4. The highest BCUT2D eigenvalue weighted by atomic mass is 16.5. The van der Waals surface area contributed by atoms with Crippen LogP contribution in [0.1, 0.15) is 18.1 Å². The van der Waals surface area contributed by atoms with Gasteiger partial charge in [0.05, 0.1) is 6.61 Å². The Morgan fingerprint density at radius 2 is 2.08 bits per heavy atom. The number of anilines is 1. The van der Waals surface area contributed by atoms with Crippen molar-refractivity contribution >= 4 is 17.7 Å². The van der Waals surface area contributed by atoms with Crippen molar-refractivity contribution in [2.24, 2.45) is 0 Å². The molecule has 5 heteroatoms. The van der Waals surface area contributed by atoms with Crippen LogP contribution in [-0.2, 0) is 4.79 Å². The molecule has 2 N–H and O–H groups in total. The second-order valence-electron chi connectivity index (χ2n) is 5.10. The number of nitrogens with zero attached hydrogens (tertiary/aromatic N) is 1. The Labute approximate surface area is 140 Å². The first-order chi connectivity index (χ1) is 11.5. The normalized spacial score (nSPS) is 10.8. The Morgan fingerprint density at radius 1 is 1.33 bits per heavy atom. The maximum absolute atomic E-state index is 12.3. The molecule has 2 aromatic carbocycles. The molecule has 0 atom stereocenters. The van der Waals surface area contributed by atoms with Gasteiger partial charge in [0.25, 0.3) is 5.91 Å². The van der Waals surface area contributed by atoms with E-state index in [4.69, 9.17) is 4.74 Å². The molecule has 0 spiro atoms. The molecule has 0 aliphatic heterocycles. The number of phenols is 1. The molecule has 0 aromatic heterocycles. The number of hydrogen-bond donors (Lipinski definition) is 2. The number of para-hydroxylation sites is 1. The van der Waals surface area contributed by atoms with Crippen molar-refractivity contribution < 1.29 is 14.6 Å². The number of ether oxygens (including phenoxy) is 1. The molecule has 0 aliphatic carbocycles. The van der Waals surface area contributed by atoms with Crippen molar-refractivity contribution in [1.82, 2.24) is 0 Å². The summed E-state index contributed by atoms with van der Waals surface area (Å²) < 4.78 is 5.30. The molecule has 24 heavy (non-hydrogen) atoms. The van der Waals surface area contributed by atoms with Crippen molar-refractivity contribution in [2.45, 2.75) is 13.8 Å². The number of benzene rings is 2. The van der Waals surface area contributed by atoms with E-state index in [2.05, 4.69) is 5.32 Å². The minimum absolute atomic E-state index is 0.0110. The van der Waals surface area contributed by atoms with E-state index in [0.717, 1.165) is 5.56 Å². The summed E-state index contributed by atoms with van der Waals surface area (Å²) in [5.74, 6) is -0.169. The Hall–Kier alpha value is -3.26. The lowest BCUT2D eigenvalue weighted by atomic mass is 10.1. The fourth-order valence-corrected chi connectivity index (χ4v) is 2.11. The average molecular weight is 322 g/mol. The highest BCUT2D eigenvalue weighted by molar-refractivity contribution is 6.10. The number of carbonyl (C=O) groups is 1. The van der Waals surface area contributed by atoms with Crippen molar-refractivity contribution in [3.8, 4) is 17.6 Å². The number of nitrogens with one attached hydrogen (secondary N) is 1. The van der Waals surface area contributed by atoms with Crippen LogP contribution in [-0.4, -0.2) is 17.6 Å². The van der Waals surface area contributed by atoms with Crippen molar-refractivity contribution in [2.75, 3.05) is 11.9 Å². The number of nitriles is 1. The van der Waals surface area contributed by atoms with Gasteiger partial charge in [-0.05, 0) is 49.2 Å². The standard InChI is InChI=1S/C19H18N2O3/c1-3-24-18-11-14(8-9-17(18)22)10-15(12-20)19(23)21-16-7-5-4-6-13(16)2/h4-11,22H,3H2,1-2H3,(H,21,23)/b15-10+. The van der Waals surface area contributed by atoms with Crippen molar-refractivity contribution in [3.63, 3.8) is 0 Å². The Balaban J connectivity index is 2.26. The Bertz CT molecular complexity index is 820. The maximum atomic E-state index is 12.3. The highest BCUT2D eigenvalue weighted by Crippen LogP contribution is 2.27. The van der Waals surface area contributed by atoms with Gasteiger partial charge in [-0.25, -0.2) is 0 Å². The number of rotatable bonds is 5. The second-order valence-corrected chi connectivity index (χ2v) is 5.10. The monoisotopic (exact) mass is 322 g/mol. The molecule has 0 heterocycles. The molecular formula is C19H18N2O3. The van der Waals surface area contributed by atoms with Crippen LogP contribution >= 0.6 is 0 Å². The van der Waals surface area contributed by atoms with E-state index in [9.17, 15) is 15.2 Å². The van der Waals surface area contributed by atoms with Crippen LogP contribution in [0.25, 0.3) is 6.08 Å². The zero-order valence-electron chi connectivity index (χ0n) is 13.5. The number of aromatic hydroxyl groups is 1. The third-order valence-electron chi connectivity index (χ3n) is 3.35. The topological polar surface area (TPSA) is 82.3 Å². The van der Waals surface area contributed by atoms with Gasteiger partial charge in [0.1, 0.15) is 11.6 Å². The zero-order valence-corrected chi connectivity index (χ0v) is 13.5. The van der Waals surface area contributed by atoms with Crippen molar-refractivity contribution in [3.05, 3.63) is 59.2 Å². The fourth-order valence-electron chi connectivity index (χ4n) is 2.11. The van der Waals surface area contributed by atoms with Gasteiger partial charge < -0.3 is 15.2 Å². The van der Waals surface area contributed by atoms with Gasteiger partial charge in [-0.2, -0.15) is 5.26 Å². The minimum Gasteiger partial charge on any atom is -0.504 e. The first-order valence-corrected chi connectivity index (χ1v) is 7.49. The van der Waals surface area contributed by atoms with E-state index in [0.29, 0.717) is 23.6 Å². The van der Waals surface area contributed by atoms with Gasteiger partial charge in [-0.15, -0.1) is 0 Å². The molecule has 2 aromatic rings. The van der Waals surface area contributed by atoms with E-state index in [1.807, 2.05) is 31.2 Å². The number of phenolic OH excluding ortho intramolecular Hbond substituents is 1. The van der Waals surface area contributed by atoms with E-state index in [-0.39, 0.29) is 11.3 Å². The van der Waals surface area contributed by atoms with Gasteiger partial charge in [-0.1, -0.05) is 24.3 Å². The molecule has 122 valence electrons. The molecule has 0 radical (unpaired) electrons. The van der Waals surface area contributed by atoms with Crippen LogP contribution in [0.15, 0.2) is 48.0 Å². The maximum Gasteiger partial charge on any atom is 0.266 e. The second kappa shape index (κ2) is 7.84. The Morgan fingerprint density at radius 3 is 2.75 bits per heavy atom. The van der Waals surface area contributed by atoms with Gasteiger partial charge in [0.2, 0.25) is 0 Å². The molecule has 0 unspecified atom stereocenters. The van der Waals surface area contributed by atoms with Gasteiger partial charge in [0, 0.05) is 5.69 Å². The first-order valence-electron chi connectivity index (χ1n) is 7.49. The van der Waals surface area contributed by atoms with Crippen LogP contribution in [0.4, 0.5) is 5.69 Å². The van der Waals surface area contributed by atoms with Crippen LogP contribution in [0, 0.1) is 18.3 Å². The number of carbonyl (C=O) groups excluding carboxylic acids is 1. The first kappa shape index (κ1) is 17.1. The van der Waals surface area contributed by atoms with Gasteiger partial charge in [-0.3, -0.25) is 4.79 Å². The Kier molecular flexibility index (Phi) is 5.58. The largest absolute Gasteiger partial charge is 0.504 e. The third kappa shape index (κ3) is 4.14. The third-order valence-corrected chi connectivity index (χ3v) is 3.35. The summed E-state index contributed by atoms with van der Waals surface area (Å²) in [7, 11) is 0. The predicted octanol–water partition coefficient (Wildman–Crippen LogP) is 3.65. The fraction of sp³-hybridized carbons (Fsp3) is 0.158. The SMILES string of the molecule is CCOc1cc(/C=C(\C#N)C(=O)Nc2ccccc2C)ccc1O. The van der Waals surface area contributed by atoms with Gasteiger partial charge >= 0.3 is 0 Å². The van der Waals surface area contributed by atoms with Crippen molar-refractivity contribution in [1.29, 1.82) is 5.26 Å². The highest BCUT2D eigenvalue weighted by Gasteiger charge is 2.11. The zero-order chi connectivity index (χ0) is 17.5. The van der Waals surface area contributed by atoms with Crippen LogP contribution < -0.4 is 10.1 Å². The smallest absolute Gasteiger partial charge is 0.266 e. The van der Waals surface area contributed by atoms with Crippen LogP contribution in [0.2, 0.25) is 0 Å². The lowest BCUT2D eigenvalue weighted by Crippen LogP contribution is -2.14. The molecule has 0 fully saturated rings. The summed E-state index contributed by atoms with van der Waals surface area (Å²) in [5.41, 5.74) is 2.12. The van der Waals surface area contributed by atoms with Crippen LogP contribution in [0.5, 0.6) is 11.5 Å². The molecular weight excluding hydrogens is 304 g/mol. The lowest BCUT2D eigenvalue weighted by Gasteiger charge is -2.08. The summed E-state index contributed by atoms with van der Waals surface area (Å²) in [6.45, 7) is 4.08. The summed E-state index contributed by atoms with van der Waals surface area (Å²) in [4.78, 5) is 12.3. The summed E-state index contributed by atoms with van der Waals surface area (Å²) in [6, 6.07) is 13.9. The molecule has 0 aliphatic rings. The van der Waals surface area contributed by atoms with Gasteiger partial charge in [0.15, 0.2) is 11.5 Å². The number of amides is 1. The summed E-state index contributed by atoms with van der Waals surface area (Å²) in [6.07, 6.45) is 1.45. The summed E-state index contributed by atoms with van der Waals surface area (Å²) >= 11 is 0. The van der Waals surface area contributed by atoms with E-state index < -0.39 is 5.91 Å². The quantitative estimate of drug-likeness (QED) is 0.650. The number of aryl methyl sites for hydroxylation is 1. The lowest BCUT2D eigenvalue weighted by molar-refractivity contribution is -0.112. The molecule has 2 rings (SSSR count). The summed E-state index contributed by atoms with van der Waals surface area (Å²) in [5, 5.41) is 21.7.